The number of aromatic nitrogens is 5. The molecule has 8 aromatic rings. The molecule has 0 atom stereocenters. The van der Waals surface area contributed by atoms with Crippen molar-refractivity contribution < 1.29 is 25.9 Å². The normalized spacial score (nSPS) is 12.4. The fourth-order valence-corrected chi connectivity index (χ4v) is 11.1. The second-order valence-electron chi connectivity index (χ2n) is 17.0. The first kappa shape index (κ1) is 48.0. The number of nitrogens with zero attached hydrogens (tertiary/aromatic N) is 9. The number of rotatable bonds is 14. The molecule has 8 rings (SSSR count). The number of nitriles is 1. The minimum Gasteiger partial charge on any atom is -0.338 e. The van der Waals surface area contributed by atoms with Gasteiger partial charge >= 0.3 is 0 Å². The van der Waals surface area contributed by atoms with Crippen molar-refractivity contribution in [1.82, 2.24) is 24.7 Å². The summed E-state index contributed by atoms with van der Waals surface area (Å²) in [5, 5.41) is 29.7. The summed E-state index contributed by atoms with van der Waals surface area (Å²) in [7, 11) is -8.97. The summed E-state index contributed by atoms with van der Waals surface area (Å²) in [5.74, 6) is 0.926. The summed E-state index contributed by atoms with van der Waals surface area (Å²) < 4.78 is 70.6. The molecular weight excluding hydrogens is 941 g/mol. The van der Waals surface area contributed by atoms with Gasteiger partial charge in [0.25, 0.3) is 20.2 Å². The molecule has 4 aromatic heterocycles. The van der Waals surface area contributed by atoms with Gasteiger partial charge in [0.15, 0.2) is 16.8 Å². The molecule has 0 radical (unpaired) electrons. The number of hydrogen-bond donors (Lipinski definition) is 3. The first-order chi connectivity index (χ1) is 32.3. The summed E-state index contributed by atoms with van der Waals surface area (Å²) in [6, 6.07) is 24.9. The molecule has 20 heteroatoms. The number of aryl methyl sites for hydroxylation is 5. The van der Waals surface area contributed by atoms with Crippen LogP contribution in [-0.2, 0) is 51.3 Å². The Morgan fingerprint density at radius 1 is 0.750 bits per heavy atom. The SMILES string of the molecule is CCc1cccc(CC)c1Nc1nc(N(c2nc3ccc(S(=O)(=O)O)cc3s2)c2c(CC)cccc2CC)cc(C)c1N=Nc1c(C#N)c(C(C)(C)C)nn1-c1nc2ccc(S(=O)(=O)O)cc2s1. The van der Waals surface area contributed by atoms with Crippen LogP contribution < -0.4 is 10.2 Å². The predicted molar refractivity (Wildman–Crippen MR) is 268 cm³/mol. The first-order valence-electron chi connectivity index (χ1n) is 21.8. The molecule has 0 aliphatic carbocycles. The van der Waals surface area contributed by atoms with Gasteiger partial charge in [0.05, 0.1) is 41.6 Å². The molecule has 0 unspecified atom stereocenters. The van der Waals surface area contributed by atoms with Crippen LogP contribution in [0.1, 0.15) is 87.5 Å². The Balaban J connectivity index is 1.38. The van der Waals surface area contributed by atoms with Gasteiger partial charge in [0.2, 0.25) is 5.13 Å². The highest BCUT2D eigenvalue weighted by molar-refractivity contribution is 7.86. The maximum atomic E-state index is 12.2. The third-order valence-corrected chi connectivity index (χ3v) is 15.1. The molecule has 0 spiro atoms. The highest BCUT2D eigenvalue weighted by Gasteiger charge is 2.30. The molecule has 0 amide bonds. The van der Waals surface area contributed by atoms with Gasteiger partial charge in [-0.1, -0.05) is 108 Å². The van der Waals surface area contributed by atoms with Crippen LogP contribution in [0.25, 0.3) is 25.6 Å². The zero-order valence-corrected chi connectivity index (χ0v) is 41.8. The lowest BCUT2D eigenvalue weighted by Gasteiger charge is -2.27. The van der Waals surface area contributed by atoms with Gasteiger partial charge in [-0.15, -0.1) is 10.2 Å². The second kappa shape index (κ2) is 18.6. The summed E-state index contributed by atoms with van der Waals surface area (Å²) in [6.07, 6.45) is 2.79. The molecule has 68 heavy (non-hydrogen) atoms. The standard InChI is InChI=1S/C48H48N10O6S4/c1-9-28-15-13-16-29(10-2)41(28)53-44-40(54-55-45-34(26-49)43(48(6,7)8)56-58(45)47-51-36-22-20-33(68(62,63)64)25-38(36)66-47)27(5)23-39(52-44)57(42-30(11-3)17-14-18-31(42)12-4)46-50-35-21-19-32(67(59,60)61)24-37(35)65-46/h13-25H,9-12H2,1-8H3,(H,52,53)(H,59,60,61)(H,62,63,64). The van der Waals surface area contributed by atoms with Crippen LogP contribution in [0.2, 0.25) is 0 Å². The lowest BCUT2D eigenvalue weighted by molar-refractivity contribution is 0.481. The van der Waals surface area contributed by atoms with Crippen LogP contribution in [0.15, 0.2) is 98.9 Å². The summed E-state index contributed by atoms with van der Waals surface area (Å²) >= 11 is 2.38. The van der Waals surface area contributed by atoms with E-state index in [4.69, 9.17) is 30.3 Å². The molecule has 4 heterocycles. The van der Waals surface area contributed by atoms with E-state index in [1.807, 2.05) is 50.8 Å². The molecule has 0 bridgehead atoms. The van der Waals surface area contributed by atoms with Gasteiger partial charge in [0, 0.05) is 11.1 Å². The Labute approximate surface area is 402 Å². The third kappa shape index (κ3) is 9.24. The van der Waals surface area contributed by atoms with Crippen LogP contribution in [-0.4, -0.2) is 50.7 Å². The van der Waals surface area contributed by atoms with Gasteiger partial charge in [-0.25, -0.2) is 15.0 Å². The van der Waals surface area contributed by atoms with E-state index in [2.05, 4.69) is 63.3 Å². The summed E-state index contributed by atoms with van der Waals surface area (Å²) in [6.45, 7) is 16.0. The molecule has 0 saturated heterocycles. The molecule has 0 aliphatic heterocycles. The van der Waals surface area contributed by atoms with E-state index in [0.29, 0.717) is 79.8 Å². The third-order valence-electron chi connectivity index (χ3n) is 11.4. The zero-order chi connectivity index (χ0) is 48.9. The van der Waals surface area contributed by atoms with E-state index in [-0.39, 0.29) is 26.3 Å². The Morgan fingerprint density at radius 3 is 1.82 bits per heavy atom. The number of benzene rings is 4. The predicted octanol–water partition coefficient (Wildman–Crippen LogP) is 12.3. The largest absolute Gasteiger partial charge is 0.338 e. The molecule has 0 aliphatic rings. The maximum absolute atomic E-state index is 12.2. The van der Waals surface area contributed by atoms with Crippen molar-refractivity contribution >= 4 is 103 Å². The van der Waals surface area contributed by atoms with Crippen molar-refractivity contribution in [2.24, 2.45) is 10.2 Å². The van der Waals surface area contributed by atoms with Gasteiger partial charge in [-0.3, -0.25) is 14.0 Å². The van der Waals surface area contributed by atoms with E-state index >= 15 is 0 Å². The monoisotopic (exact) mass is 988 g/mol. The van der Waals surface area contributed by atoms with Crippen molar-refractivity contribution in [2.45, 2.75) is 96.3 Å². The van der Waals surface area contributed by atoms with Gasteiger partial charge in [-0.2, -0.15) is 31.9 Å². The topological polar surface area (TPSA) is 229 Å². The highest BCUT2D eigenvalue weighted by Crippen LogP contribution is 2.46. The molecule has 0 saturated carbocycles. The zero-order valence-electron chi connectivity index (χ0n) is 38.5. The van der Waals surface area contributed by atoms with Crippen LogP contribution in [0.3, 0.4) is 0 Å². The van der Waals surface area contributed by atoms with Crippen LogP contribution in [0.4, 0.5) is 39.6 Å². The Kier molecular flexibility index (Phi) is 13.1. The molecular formula is C48H48N10O6S4. The Bertz CT molecular complexity index is 3540. The average molecular weight is 989 g/mol. The number of para-hydroxylation sites is 2. The molecule has 350 valence electrons. The van der Waals surface area contributed by atoms with Crippen molar-refractivity contribution in [2.75, 3.05) is 10.2 Å². The van der Waals surface area contributed by atoms with E-state index in [9.17, 15) is 31.2 Å². The summed E-state index contributed by atoms with van der Waals surface area (Å²) in [5.41, 5.74) is 7.87. The number of fused-ring (bicyclic) bond motifs is 2. The number of nitrogens with one attached hydrogen (secondary N) is 1. The molecule has 16 nitrogen and oxygen atoms in total. The van der Waals surface area contributed by atoms with Crippen molar-refractivity contribution in [1.29, 1.82) is 5.26 Å². The minimum absolute atomic E-state index is 0.0916. The molecule has 0 fully saturated rings. The van der Waals surface area contributed by atoms with E-state index in [0.717, 1.165) is 45.0 Å². The fraction of sp³-hybridized carbons (Fsp3) is 0.271. The first-order valence-corrected chi connectivity index (χ1v) is 26.3. The van der Waals surface area contributed by atoms with E-state index in [1.165, 1.54) is 46.4 Å². The number of pyridine rings is 1. The number of anilines is 5. The lowest BCUT2D eigenvalue weighted by atomic mass is 9.90. The second-order valence-corrected chi connectivity index (χ2v) is 21.8. The number of azo groups is 1. The van der Waals surface area contributed by atoms with E-state index < -0.39 is 25.7 Å². The highest BCUT2D eigenvalue weighted by atomic mass is 32.2. The molecule has 4 aromatic carbocycles. The number of thiazole rings is 2. The average Bonchev–Trinajstić information content (AvgIpc) is 4.03. The quantitative estimate of drug-likeness (QED) is 0.0681. The van der Waals surface area contributed by atoms with Crippen LogP contribution >= 0.6 is 22.7 Å². The van der Waals surface area contributed by atoms with E-state index in [1.54, 1.807) is 6.07 Å². The Hall–Kier alpha value is -6.47. The van der Waals surface area contributed by atoms with Crippen molar-refractivity contribution in [3.63, 3.8) is 0 Å². The Morgan fingerprint density at radius 2 is 1.29 bits per heavy atom. The smallest absolute Gasteiger partial charge is 0.294 e. The van der Waals surface area contributed by atoms with Crippen molar-refractivity contribution in [3.05, 3.63) is 118 Å². The van der Waals surface area contributed by atoms with Gasteiger partial charge in [-0.05, 0) is 103 Å². The van der Waals surface area contributed by atoms with Gasteiger partial charge in [0.1, 0.15) is 23.1 Å². The van der Waals surface area contributed by atoms with Gasteiger partial charge < -0.3 is 5.32 Å². The summed E-state index contributed by atoms with van der Waals surface area (Å²) in [4.78, 5) is 16.6. The maximum Gasteiger partial charge on any atom is 0.294 e. The lowest BCUT2D eigenvalue weighted by Crippen LogP contribution is -2.16. The molecule has 3 N–H and O–H groups in total. The van der Waals surface area contributed by atoms with Crippen LogP contribution in [0.5, 0.6) is 0 Å². The minimum atomic E-state index is -4.49. The number of hydrogen-bond acceptors (Lipinski definition) is 15. The van der Waals surface area contributed by atoms with Crippen molar-refractivity contribution in [3.8, 4) is 11.2 Å². The fourth-order valence-electron chi connectivity index (χ4n) is 7.96. The van der Waals surface area contributed by atoms with Crippen LogP contribution in [0, 0.1) is 18.3 Å².